The van der Waals surface area contributed by atoms with Crippen LogP contribution in [0.4, 0.5) is 0 Å². The van der Waals surface area contributed by atoms with E-state index in [9.17, 15) is 10.2 Å². The number of nitrogens with one attached hydrogen (secondary N) is 1. The summed E-state index contributed by atoms with van der Waals surface area (Å²) in [6.07, 6.45) is 4.84. The number of phenolic OH excluding ortho intramolecular Hbond substituents is 1. The van der Waals surface area contributed by atoms with Crippen LogP contribution in [0.2, 0.25) is 5.02 Å². The molecule has 0 spiro atoms. The molecule has 1 aromatic heterocycles. The van der Waals surface area contributed by atoms with Crippen molar-refractivity contribution in [1.29, 1.82) is 0 Å². The van der Waals surface area contributed by atoms with E-state index in [1.165, 1.54) is 24.1 Å². The maximum atomic E-state index is 12.3. The molecule has 2 fully saturated rings. The third-order valence-corrected chi connectivity index (χ3v) is 8.08. The van der Waals surface area contributed by atoms with Crippen LogP contribution in [0.3, 0.4) is 0 Å². The fourth-order valence-corrected chi connectivity index (χ4v) is 6.26. The highest BCUT2D eigenvalue weighted by Crippen LogP contribution is 2.52. The van der Waals surface area contributed by atoms with Gasteiger partial charge in [0.1, 0.15) is 5.75 Å². The van der Waals surface area contributed by atoms with Crippen molar-refractivity contribution in [2.45, 2.75) is 43.1 Å². The second kappa shape index (κ2) is 6.49. The predicted molar refractivity (Wildman–Crippen MR) is 119 cm³/mol. The number of benzene rings is 2. The molecular weight excluding hydrogens is 396 g/mol. The van der Waals surface area contributed by atoms with E-state index in [0.29, 0.717) is 13.0 Å². The SMILES string of the molecule is Oc1cccc(C23CCN(CC4CC4)CC2(O)Cc2c([nH]c4c(Cl)cccc24)C3)c1. The molecule has 2 unspecified atom stereocenters. The van der Waals surface area contributed by atoms with E-state index in [-0.39, 0.29) is 5.75 Å². The first kappa shape index (κ1) is 18.7. The van der Waals surface area contributed by atoms with Crippen LogP contribution in [0.5, 0.6) is 5.75 Å². The number of hydrogen-bond donors (Lipinski definition) is 3. The lowest BCUT2D eigenvalue weighted by atomic mass is 9.56. The van der Waals surface area contributed by atoms with Crippen molar-refractivity contribution in [1.82, 2.24) is 9.88 Å². The van der Waals surface area contributed by atoms with Gasteiger partial charge < -0.3 is 20.1 Å². The number of β-amino-alcohol motifs (C(OH)–C–C–N with tert-alkyl or cyclic N) is 1. The molecule has 1 aliphatic heterocycles. The molecule has 1 saturated carbocycles. The fourth-order valence-electron chi connectivity index (χ4n) is 6.04. The second-order valence-corrected chi connectivity index (χ2v) is 10.1. The van der Waals surface area contributed by atoms with Gasteiger partial charge in [-0.2, -0.15) is 0 Å². The molecule has 0 bridgehead atoms. The highest BCUT2D eigenvalue weighted by Gasteiger charge is 2.57. The lowest BCUT2D eigenvalue weighted by Gasteiger charge is -2.56. The Hall–Kier alpha value is -2.01. The van der Waals surface area contributed by atoms with E-state index in [2.05, 4.69) is 22.0 Å². The van der Waals surface area contributed by atoms with Crippen molar-refractivity contribution in [2.24, 2.45) is 5.92 Å². The minimum absolute atomic E-state index is 0.259. The first-order valence-corrected chi connectivity index (χ1v) is 11.4. The average molecular weight is 423 g/mol. The molecule has 3 aliphatic rings. The summed E-state index contributed by atoms with van der Waals surface area (Å²) < 4.78 is 0. The van der Waals surface area contributed by atoms with Gasteiger partial charge in [-0.3, -0.25) is 0 Å². The predicted octanol–water partition coefficient (Wildman–Crippen LogP) is 4.41. The van der Waals surface area contributed by atoms with Crippen LogP contribution in [0.15, 0.2) is 42.5 Å². The van der Waals surface area contributed by atoms with Crippen molar-refractivity contribution >= 4 is 22.5 Å². The molecule has 2 heterocycles. The molecule has 2 aromatic carbocycles. The molecule has 0 radical (unpaired) electrons. The highest BCUT2D eigenvalue weighted by atomic mass is 35.5. The third kappa shape index (κ3) is 2.74. The number of para-hydroxylation sites is 1. The Balaban J connectivity index is 1.50. The normalized spacial score (nSPS) is 29.0. The second-order valence-electron chi connectivity index (χ2n) is 9.69. The maximum Gasteiger partial charge on any atom is 0.115 e. The monoisotopic (exact) mass is 422 g/mol. The Morgan fingerprint density at radius 1 is 1.13 bits per heavy atom. The molecule has 156 valence electrons. The first-order valence-electron chi connectivity index (χ1n) is 11.0. The van der Waals surface area contributed by atoms with Gasteiger partial charge in [-0.25, -0.2) is 0 Å². The largest absolute Gasteiger partial charge is 0.508 e. The zero-order valence-corrected chi connectivity index (χ0v) is 17.8. The van der Waals surface area contributed by atoms with Gasteiger partial charge in [-0.05, 0) is 61.1 Å². The first-order chi connectivity index (χ1) is 14.5. The van der Waals surface area contributed by atoms with Gasteiger partial charge in [0, 0.05) is 42.4 Å². The van der Waals surface area contributed by atoms with Gasteiger partial charge in [0.25, 0.3) is 0 Å². The molecule has 2 aliphatic carbocycles. The number of fused-ring (bicyclic) bond motifs is 4. The average Bonchev–Trinajstić information content (AvgIpc) is 3.46. The molecule has 3 N–H and O–H groups in total. The number of aliphatic hydroxyl groups is 1. The van der Waals surface area contributed by atoms with Gasteiger partial charge in [-0.15, -0.1) is 0 Å². The van der Waals surface area contributed by atoms with E-state index in [1.54, 1.807) is 6.07 Å². The van der Waals surface area contributed by atoms with Crippen LogP contribution in [0.1, 0.15) is 36.1 Å². The molecule has 2 atom stereocenters. The van der Waals surface area contributed by atoms with Crippen LogP contribution < -0.4 is 0 Å². The van der Waals surface area contributed by atoms with Crippen LogP contribution in [-0.2, 0) is 18.3 Å². The van der Waals surface area contributed by atoms with Crippen LogP contribution >= 0.6 is 11.6 Å². The molecule has 6 rings (SSSR count). The molecular formula is C25H27ClN2O2. The molecule has 4 nitrogen and oxygen atoms in total. The number of H-pyrrole nitrogens is 1. The van der Waals surface area contributed by atoms with E-state index < -0.39 is 11.0 Å². The van der Waals surface area contributed by atoms with Crippen molar-refractivity contribution in [3.63, 3.8) is 0 Å². The van der Waals surface area contributed by atoms with Crippen molar-refractivity contribution in [3.8, 4) is 5.75 Å². The smallest absolute Gasteiger partial charge is 0.115 e. The van der Waals surface area contributed by atoms with E-state index >= 15 is 0 Å². The molecule has 3 aromatic rings. The van der Waals surface area contributed by atoms with E-state index in [0.717, 1.165) is 53.3 Å². The summed E-state index contributed by atoms with van der Waals surface area (Å²) in [6, 6.07) is 13.5. The van der Waals surface area contributed by atoms with Crippen LogP contribution in [-0.4, -0.2) is 45.3 Å². The van der Waals surface area contributed by atoms with Crippen molar-refractivity contribution < 1.29 is 10.2 Å². The number of aromatic nitrogens is 1. The molecule has 0 amide bonds. The standard InChI is InChI=1S/C25H27ClN2O2/c26-21-6-2-5-19-20-12-25(30)15-28(14-16-7-8-16)10-9-24(25,13-22(20)27-23(19)21)17-3-1-4-18(29)11-17/h1-6,11,16,27,29-30H,7-10,12-15H2. The Morgan fingerprint density at radius 3 is 2.77 bits per heavy atom. The molecule has 1 saturated heterocycles. The summed E-state index contributed by atoms with van der Waals surface area (Å²) in [5.74, 6) is 1.06. The lowest BCUT2D eigenvalue weighted by molar-refractivity contribution is -0.103. The number of likely N-dealkylation sites (tertiary alicyclic amines) is 1. The van der Waals surface area contributed by atoms with E-state index in [1.807, 2.05) is 24.3 Å². The number of rotatable bonds is 3. The van der Waals surface area contributed by atoms with Gasteiger partial charge in [0.05, 0.1) is 16.1 Å². The third-order valence-electron chi connectivity index (χ3n) is 7.77. The maximum absolute atomic E-state index is 12.3. The number of nitrogens with zero attached hydrogens (tertiary/aromatic N) is 1. The summed E-state index contributed by atoms with van der Waals surface area (Å²) in [5.41, 5.74) is 3.05. The number of phenols is 1. The van der Waals surface area contributed by atoms with Gasteiger partial charge in [-0.1, -0.05) is 35.9 Å². The Kier molecular flexibility index (Phi) is 4.05. The quantitative estimate of drug-likeness (QED) is 0.586. The van der Waals surface area contributed by atoms with Crippen molar-refractivity contribution in [2.75, 3.05) is 19.6 Å². The Bertz CT molecular complexity index is 1140. The van der Waals surface area contributed by atoms with Crippen LogP contribution in [0.25, 0.3) is 10.9 Å². The Morgan fingerprint density at radius 2 is 1.97 bits per heavy atom. The zero-order valence-electron chi connectivity index (χ0n) is 17.0. The summed E-state index contributed by atoms with van der Waals surface area (Å²) in [6.45, 7) is 2.74. The number of aromatic amines is 1. The van der Waals surface area contributed by atoms with Gasteiger partial charge in [0.2, 0.25) is 0 Å². The topological polar surface area (TPSA) is 59.5 Å². The summed E-state index contributed by atoms with van der Waals surface area (Å²) in [7, 11) is 0. The van der Waals surface area contributed by atoms with Gasteiger partial charge >= 0.3 is 0 Å². The molecule has 5 heteroatoms. The minimum Gasteiger partial charge on any atom is -0.508 e. The molecule has 30 heavy (non-hydrogen) atoms. The zero-order chi connectivity index (χ0) is 20.5. The summed E-state index contributed by atoms with van der Waals surface area (Å²) in [4.78, 5) is 6.04. The van der Waals surface area contributed by atoms with E-state index in [4.69, 9.17) is 11.6 Å². The fraction of sp³-hybridized carbons (Fsp3) is 0.440. The number of hydrogen-bond acceptors (Lipinski definition) is 3. The highest BCUT2D eigenvalue weighted by molar-refractivity contribution is 6.35. The summed E-state index contributed by atoms with van der Waals surface area (Å²) >= 11 is 6.49. The Labute approximate surface area is 181 Å². The van der Waals surface area contributed by atoms with Crippen LogP contribution in [0, 0.1) is 5.92 Å². The minimum atomic E-state index is -0.891. The number of piperidine rings is 1. The summed E-state index contributed by atoms with van der Waals surface area (Å²) in [5, 5.41) is 24.4. The number of halogens is 1. The number of aromatic hydroxyl groups is 1. The van der Waals surface area contributed by atoms with Gasteiger partial charge in [0.15, 0.2) is 0 Å². The lowest BCUT2D eigenvalue weighted by Crippen LogP contribution is -2.66. The van der Waals surface area contributed by atoms with Crippen molar-refractivity contribution in [3.05, 3.63) is 64.3 Å².